The molecule has 3 aliphatic heterocycles. The van der Waals surface area contributed by atoms with Crippen molar-refractivity contribution < 1.29 is 13.2 Å². The van der Waals surface area contributed by atoms with Crippen LogP contribution < -0.4 is 4.90 Å². The molecule has 5 aliphatic rings. The smallest absolute Gasteiger partial charge is 0.362 e. The summed E-state index contributed by atoms with van der Waals surface area (Å²) >= 11 is 0. The Morgan fingerprint density at radius 3 is 2.48 bits per heavy atom. The number of nitrogens with zero attached hydrogens (tertiary/aromatic N) is 5. The van der Waals surface area contributed by atoms with Crippen molar-refractivity contribution in [1.82, 2.24) is 19.7 Å². The van der Waals surface area contributed by atoms with E-state index in [4.69, 9.17) is 0 Å². The fraction of sp³-hybridized carbons (Fsp3) is 0.579. The number of fused-ring (bicyclic) bond motifs is 2. The Hall–Kier alpha value is -2.09. The molecule has 27 heavy (non-hydrogen) atoms. The number of alkyl halides is 3. The fourth-order valence-electron chi connectivity index (χ4n) is 5.76. The van der Waals surface area contributed by atoms with Gasteiger partial charge in [-0.15, -0.1) is 10.2 Å². The summed E-state index contributed by atoms with van der Waals surface area (Å²) in [6.45, 7) is 5.66. The summed E-state index contributed by atoms with van der Waals surface area (Å²) in [5.74, 6) is 1.20. The third kappa shape index (κ3) is 1.94. The van der Waals surface area contributed by atoms with E-state index in [1.54, 1.807) is 0 Å². The Bertz CT molecular complexity index is 908. The maximum absolute atomic E-state index is 13.0. The SMILES string of the molecule is CCN1CC2(c3ccc(N4CCn5c(nnc5C(F)(F)F)C4)cc3)C3C1C32. The van der Waals surface area contributed by atoms with Crippen LogP contribution in [-0.4, -0.2) is 45.3 Å². The van der Waals surface area contributed by atoms with Crippen LogP contribution in [0.15, 0.2) is 24.3 Å². The van der Waals surface area contributed by atoms with E-state index in [0.717, 1.165) is 30.1 Å². The summed E-state index contributed by atoms with van der Waals surface area (Å²) in [7, 11) is 0. The first kappa shape index (κ1) is 15.9. The van der Waals surface area contributed by atoms with Crippen LogP contribution >= 0.6 is 0 Å². The molecule has 5 nitrogen and oxygen atoms in total. The predicted molar refractivity (Wildman–Crippen MR) is 92.2 cm³/mol. The van der Waals surface area contributed by atoms with Crippen molar-refractivity contribution in [2.24, 2.45) is 11.8 Å². The zero-order valence-corrected chi connectivity index (χ0v) is 14.9. The minimum atomic E-state index is -4.45. The van der Waals surface area contributed by atoms with Crippen LogP contribution in [0, 0.1) is 11.8 Å². The highest BCUT2D eigenvalue weighted by Gasteiger charge is 2.89. The Morgan fingerprint density at radius 2 is 1.85 bits per heavy atom. The van der Waals surface area contributed by atoms with Crippen molar-refractivity contribution in [2.75, 3.05) is 24.5 Å². The topological polar surface area (TPSA) is 37.2 Å². The van der Waals surface area contributed by atoms with Gasteiger partial charge in [-0.3, -0.25) is 4.90 Å². The van der Waals surface area contributed by atoms with Gasteiger partial charge in [-0.1, -0.05) is 19.1 Å². The lowest BCUT2D eigenvalue weighted by Crippen LogP contribution is -2.35. The van der Waals surface area contributed by atoms with Crippen molar-refractivity contribution >= 4 is 5.69 Å². The zero-order valence-electron chi connectivity index (χ0n) is 14.9. The molecular formula is C19H20F3N5. The third-order valence-corrected chi connectivity index (χ3v) is 7.13. The summed E-state index contributed by atoms with van der Waals surface area (Å²) in [4.78, 5) is 4.67. The lowest BCUT2D eigenvalue weighted by atomic mass is 9.88. The molecule has 2 saturated carbocycles. The number of hydrogen-bond acceptors (Lipinski definition) is 4. The van der Waals surface area contributed by atoms with Crippen molar-refractivity contribution in [3.63, 3.8) is 0 Å². The van der Waals surface area contributed by atoms with E-state index in [2.05, 4.69) is 51.2 Å². The van der Waals surface area contributed by atoms with Gasteiger partial charge in [0.25, 0.3) is 0 Å². The van der Waals surface area contributed by atoms with Gasteiger partial charge in [0.15, 0.2) is 5.82 Å². The van der Waals surface area contributed by atoms with E-state index in [1.807, 2.05) is 0 Å². The molecule has 0 radical (unpaired) electrons. The highest BCUT2D eigenvalue weighted by molar-refractivity contribution is 5.57. The molecule has 0 amide bonds. The van der Waals surface area contributed by atoms with Crippen LogP contribution in [0.5, 0.6) is 0 Å². The molecule has 2 bridgehead atoms. The Balaban J connectivity index is 1.21. The number of likely N-dealkylation sites (N-methyl/N-ethyl adjacent to an activating group) is 1. The highest BCUT2D eigenvalue weighted by Crippen LogP contribution is 2.83. The van der Waals surface area contributed by atoms with Gasteiger partial charge < -0.3 is 9.47 Å². The number of piperidine rings is 1. The normalized spacial score (nSPS) is 33.8. The maximum atomic E-state index is 13.0. The standard InChI is InChI=1S/C19H20F3N5/c1-2-25-10-18(14-15(18)16(14)25)11-3-5-12(6-4-11)26-7-8-27-13(9-26)23-24-17(27)19(20,21)22/h3-6,14-16H,2,7-10H2,1H3. The van der Waals surface area contributed by atoms with Gasteiger partial charge in [0, 0.05) is 36.8 Å². The molecule has 0 spiro atoms. The Kier molecular flexibility index (Phi) is 2.85. The molecule has 7 rings (SSSR count). The molecule has 8 heteroatoms. The first-order valence-electron chi connectivity index (χ1n) is 9.54. The summed E-state index contributed by atoms with van der Waals surface area (Å²) in [5.41, 5.74) is 2.85. The van der Waals surface area contributed by atoms with Gasteiger partial charge in [0.2, 0.25) is 5.82 Å². The van der Waals surface area contributed by atoms with Gasteiger partial charge in [0.1, 0.15) is 0 Å². The fourth-order valence-corrected chi connectivity index (χ4v) is 5.76. The number of benzene rings is 1. The van der Waals surface area contributed by atoms with Crippen LogP contribution in [0.1, 0.15) is 24.1 Å². The summed E-state index contributed by atoms with van der Waals surface area (Å²) in [6, 6.07) is 9.49. The molecule has 2 aromatic rings. The number of anilines is 1. The molecule has 4 fully saturated rings. The average molecular weight is 375 g/mol. The summed E-state index contributed by atoms with van der Waals surface area (Å²) in [6.07, 6.45) is -4.45. The predicted octanol–water partition coefficient (Wildman–Crippen LogP) is 2.52. The molecule has 142 valence electrons. The maximum Gasteiger partial charge on any atom is 0.451 e. The molecule has 0 N–H and O–H groups in total. The third-order valence-electron chi connectivity index (χ3n) is 7.13. The monoisotopic (exact) mass is 375 g/mol. The van der Waals surface area contributed by atoms with Gasteiger partial charge in [-0.2, -0.15) is 13.2 Å². The van der Waals surface area contributed by atoms with E-state index < -0.39 is 12.0 Å². The summed E-state index contributed by atoms with van der Waals surface area (Å²) < 4.78 is 40.1. The van der Waals surface area contributed by atoms with Crippen LogP contribution in [0.2, 0.25) is 0 Å². The van der Waals surface area contributed by atoms with E-state index in [0.29, 0.717) is 24.3 Å². The largest absolute Gasteiger partial charge is 0.451 e. The van der Waals surface area contributed by atoms with E-state index in [9.17, 15) is 13.2 Å². The molecule has 2 atom stereocenters. The second-order valence-corrected chi connectivity index (χ2v) is 8.20. The van der Waals surface area contributed by atoms with Gasteiger partial charge >= 0.3 is 6.18 Å². The molecule has 2 unspecified atom stereocenters. The number of halogens is 3. The molecule has 2 saturated heterocycles. The van der Waals surface area contributed by atoms with Crippen molar-refractivity contribution in [2.45, 2.75) is 37.6 Å². The van der Waals surface area contributed by atoms with Crippen LogP contribution in [0.25, 0.3) is 0 Å². The average Bonchev–Trinajstić information content (AvgIpc) is 3.36. The number of hydrogen-bond donors (Lipinski definition) is 0. The number of rotatable bonds is 3. The van der Waals surface area contributed by atoms with Gasteiger partial charge in [-0.05, 0) is 36.1 Å². The van der Waals surface area contributed by atoms with Crippen LogP contribution in [0.3, 0.4) is 0 Å². The second-order valence-electron chi connectivity index (χ2n) is 8.20. The second kappa shape index (κ2) is 4.84. The van der Waals surface area contributed by atoms with Crippen molar-refractivity contribution in [3.8, 4) is 0 Å². The lowest BCUT2D eigenvalue weighted by Gasteiger charge is -2.30. The number of aromatic nitrogens is 3. The lowest BCUT2D eigenvalue weighted by molar-refractivity contribution is -0.147. The Morgan fingerprint density at radius 1 is 1.11 bits per heavy atom. The zero-order chi connectivity index (χ0) is 18.6. The van der Waals surface area contributed by atoms with Crippen LogP contribution in [-0.2, 0) is 24.7 Å². The van der Waals surface area contributed by atoms with E-state index >= 15 is 0 Å². The van der Waals surface area contributed by atoms with Crippen molar-refractivity contribution in [3.05, 3.63) is 41.5 Å². The Labute approximate surface area is 154 Å². The highest BCUT2D eigenvalue weighted by atomic mass is 19.4. The van der Waals surface area contributed by atoms with E-state index in [1.165, 1.54) is 16.7 Å². The van der Waals surface area contributed by atoms with Gasteiger partial charge in [0.05, 0.1) is 6.54 Å². The molecule has 1 aromatic heterocycles. The molecule has 2 aliphatic carbocycles. The van der Waals surface area contributed by atoms with E-state index in [-0.39, 0.29) is 6.54 Å². The van der Waals surface area contributed by atoms with Crippen molar-refractivity contribution in [1.29, 1.82) is 0 Å². The van der Waals surface area contributed by atoms with Gasteiger partial charge in [-0.25, -0.2) is 0 Å². The minimum absolute atomic E-state index is 0.250. The first-order chi connectivity index (χ1) is 12.9. The molecule has 1 aromatic carbocycles. The summed E-state index contributed by atoms with van der Waals surface area (Å²) in [5, 5.41) is 7.12. The first-order valence-corrected chi connectivity index (χ1v) is 9.54. The van der Waals surface area contributed by atoms with Crippen LogP contribution in [0.4, 0.5) is 18.9 Å². The quantitative estimate of drug-likeness (QED) is 0.826. The molecule has 4 heterocycles. The minimum Gasteiger partial charge on any atom is -0.362 e. The molecular weight excluding hydrogens is 355 g/mol.